The summed E-state index contributed by atoms with van der Waals surface area (Å²) in [5, 5.41) is 5.38. The van der Waals surface area contributed by atoms with Crippen LogP contribution in [0.25, 0.3) is 5.70 Å². The maximum atomic E-state index is 11.3. The fraction of sp³-hybridized carbons (Fsp3) is 0.154. The smallest absolute Gasteiger partial charge is 0.168 e. The van der Waals surface area contributed by atoms with Gasteiger partial charge in [-0.1, -0.05) is 36.0 Å². The van der Waals surface area contributed by atoms with Crippen molar-refractivity contribution in [2.75, 3.05) is 0 Å². The molecule has 0 amide bonds. The van der Waals surface area contributed by atoms with Crippen molar-refractivity contribution in [2.24, 2.45) is 0 Å². The molecule has 17 heavy (non-hydrogen) atoms. The van der Waals surface area contributed by atoms with E-state index in [-0.39, 0.29) is 5.50 Å². The monoisotopic (exact) mass is 244 g/mol. The fourth-order valence-corrected chi connectivity index (χ4v) is 3.00. The van der Waals surface area contributed by atoms with Gasteiger partial charge in [-0.05, 0) is 17.9 Å². The molecule has 1 aromatic rings. The Morgan fingerprint density at radius 1 is 1.41 bits per heavy atom. The lowest BCUT2D eigenvalue weighted by molar-refractivity contribution is -0.105. The van der Waals surface area contributed by atoms with Crippen LogP contribution < -0.4 is 5.32 Å². The second kappa shape index (κ2) is 3.96. The number of carbonyl (C=O) groups is 1. The lowest BCUT2D eigenvalue weighted by Gasteiger charge is -2.15. The molecule has 1 N–H and O–H groups in total. The molecule has 1 aromatic carbocycles. The van der Waals surface area contributed by atoms with Crippen LogP contribution in [-0.2, 0) is 4.79 Å². The third-order valence-corrected chi connectivity index (χ3v) is 3.89. The third kappa shape index (κ3) is 1.56. The van der Waals surface area contributed by atoms with Gasteiger partial charge in [0.1, 0.15) is 5.70 Å². The van der Waals surface area contributed by atoms with E-state index < -0.39 is 0 Å². The summed E-state index contributed by atoms with van der Waals surface area (Å²) >= 11 is 1.67. The predicted molar refractivity (Wildman–Crippen MR) is 69.7 cm³/mol. The summed E-state index contributed by atoms with van der Waals surface area (Å²) in [4.78, 5) is 13.2. The van der Waals surface area contributed by atoms with Crippen LogP contribution in [0.3, 0.4) is 0 Å². The van der Waals surface area contributed by atoms with Gasteiger partial charge in [0.15, 0.2) is 11.8 Å². The Hall–Kier alpha value is -1.68. The first-order valence-electron chi connectivity index (χ1n) is 5.44. The summed E-state index contributed by atoms with van der Waals surface area (Å²) in [6.07, 6.45) is 2.86. The molecule has 2 heterocycles. The summed E-state index contributed by atoms with van der Waals surface area (Å²) in [6, 6.07) is 8.09. The molecule has 0 bridgehead atoms. The van der Waals surface area contributed by atoms with Crippen molar-refractivity contribution in [2.45, 2.75) is 12.4 Å². The highest BCUT2D eigenvalue weighted by Crippen LogP contribution is 2.36. The van der Waals surface area contributed by atoms with Crippen LogP contribution in [0.15, 0.2) is 41.6 Å². The zero-order chi connectivity index (χ0) is 11.8. The molecule has 1 unspecified atom stereocenters. The van der Waals surface area contributed by atoms with E-state index in [4.69, 9.17) is 0 Å². The van der Waals surface area contributed by atoms with Gasteiger partial charge in [-0.3, -0.25) is 4.79 Å². The van der Waals surface area contributed by atoms with Gasteiger partial charge >= 0.3 is 0 Å². The Labute approximate surface area is 104 Å². The number of thioether (sulfide) groups is 1. The van der Waals surface area contributed by atoms with Gasteiger partial charge in [0.25, 0.3) is 0 Å². The fourth-order valence-electron chi connectivity index (χ4n) is 2.14. The number of fused-ring (bicyclic) bond motifs is 1. The lowest BCUT2D eigenvalue weighted by Crippen LogP contribution is -2.27. The minimum absolute atomic E-state index is 0.129. The second-order valence-electron chi connectivity index (χ2n) is 4.02. The third-order valence-electron chi connectivity index (χ3n) is 3.01. The van der Waals surface area contributed by atoms with Gasteiger partial charge in [0.05, 0.1) is 5.70 Å². The SMILES string of the molecule is Cc1ccccc1C1=C(C=O)N2C=CSC2N1. The van der Waals surface area contributed by atoms with Crippen LogP contribution in [0.4, 0.5) is 0 Å². The number of nitrogens with zero attached hydrogens (tertiary/aromatic N) is 1. The highest BCUT2D eigenvalue weighted by Gasteiger charge is 2.33. The Morgan fingerprint density at radius 3 is 3.00 bits per heavy atom. The van der Waals surface area contributed by atoms with E-state index >= 15 is 0 Å². The topological polar surface area (TPSA) is 32.3 Å². The highest BCUT2D eigenvalue weighted by molar-refractivity contribution is 8.02. The minimum Gasteiger partial charge on any atom is -0.354 e. The van der Waals surface area contributed by atoms with Crippen LogP contribution in [0.5, 0.6) is 0 Å². The number of nitrogens with one attached hydrogen (secondary N) is 1. The van der Waals surface area contributed by atoms with Gasteiger partial charge in [-0.2, -0.15) is 0 Å². The van der Waals surface area contributed by atoms with Crippen LogP contribution in [0.1, 0.15) is 11.1 Å². The van der Waals surface area contributed by atoms with E-state index in [1.54, 1.807) is 11.8 Å². The average Bonchev–Trinajstić information content (AvgIpc) is 2.89. The largest absolute Gasteiger partial charge is 0.354 e. The van der Waals surface area contributed by atoms with E-state index in [1.807, 2.05) is 34.7 Å². The van der Waals surface area contributed by atoms with Crippen LogP contribution in [-0.4, -0.2) is 16.7 Å². The number of hydrogen-bond donors (Lipinski definition) is 1. The van der Waals surface area contributed by atoms with Crippen molar-refractivity contribution in [3.05, 3.63) is 52.7 Å². The molecule has 0 aromatic heterocycles. The molecule has 1 atom stereocenters. The highest BCUT2D eigenvalue weighted by atomic mass is 32.2. The molecule has 86 valence electrons. The molecule has 4 heteroatoms. The molecular formula is C13H12N2OS. The first-order chi connectivity index (χ1) is 8.31. The predicted octanol–water partition coefficient (Wildman–Crippen LogP) is 2.27. The van der Waals surface area contributed by atoms with Gasteiger partial charge < -0.3 is 10.2 Å². The summed E-state index contributed by atoms with van der Waals surface area (Å²) in [6.45, 7) is 2.05. The van der Waals surface area contributed by atoms with Crippen molar-refractivity contribution in [1.82, 2.24) is 10.2 Å². The normalized spacial score (nSPS) is 21.7. The van der Waals surface area contributed by atoms with E-state index in [1.165, 1.54) is 5.56 Å². The minimum atomic E-state index is 0.129. The van der Waals surface area contributed by atoms with Crippen molar-refractivity contribution in [1.29, 1.82) is 0 Å². The van der Waals surface area contributed by atoms with E-state index in [2.05, 4.69) is 18.3 Å². The molecule has 3 nitrogen and oxygen atoms in total. The Morgan fingerprint density at radius 2 is 2.24 bits per heavy atom. The molecule has 0 saturated heterocycles. The van der Waals surface area contributed by atoms with Crippen molar-refractivity contribution >= 4 is 23.7 Å². The van der Waals surface area contributed by atoms with Gasteiger partial charge in [0, 0.05) is 11.8 Å². The van der Waals surface area contributed by atoms with Crippen LogP contribution in [0.2, 0.25) is 0 Å². The summed E-state index contributed by atoms with van der Waals surface area (Å²) in [5.74, 6) is 0. The lowest BCUT2D eigenvalue weighted by atomic mass is 10.1. The summed E-state index contributed by atoms with van der Waals surface area (Å²) < 4.78 is 0. The van der Waals surface area contributed by atoms with E-state index in [9.17, 15) is 4.79 Å². The Balaban J connectivity index is 2.11. The van der Waals surface area contributed by atoms with Gasteiger partial charge in [0.2, 0.25) is 0 Å². The average molecular weight is 244 g/mol. The summed E-state index contributed by atoms with van der Waals surface area (Å²) in [7, 11) is 0. The maximum absolute atomic E-state index is 11.3. The van der Waals surface area contributed by atoms with Crippen LogP contribution >= 0.6 is 11.8 Å². The van der Waals surface area contributed by atoms with Crippen molar-refractivity contribution < 1.29 is 4.79 Å². The standard InChI is InChI=1S/C13H12N2OS/c1-9-4-2-3-5-10(9)12-11(8-16)15-6-7-17-13(15)14-12/h2-8,13-14H,1H3. The molecular weight excluding hydrogens is 232 g/mol. The first-order valence-corrected chi connectivity index (χ1v) is 6.38. The molecule has 0 aliphatic carbocycles. The number of allylic oxidation sites excluding steroid dienone is 1. The number of carbonyl (C=O) groups excluding carboxylic acids is 1. The number of rotatable bonds is 2. The molecule has 0 radical (unpaired) electrons. The summed E-state index contributed by atoms with van der Waals surface area (Å²) in [5.41, 5.74) is 4.04. The second-order valence-corrected chi connectivity index (χ2v) is 5.01. The molecule has 3 rings (SSSR count). The molecule has 0 saturated carbocycles. The number of aryl methyl sites for hydroxylation is 1. The van der Waals surface area contributed by atoms with Crippen molar-refractivity contribution in [3.8, 4) is 0 Å². The van der Waals surface area contributed by atoms with E-state index in [0.717, 1.165) is 17.5 Å². The number of hydrogen-bond acceptors (Lipinski definition) is 4. The zero-order valence-electron chi connectivity index (χ0n) is 9.38. The molecule has 2 aliphatic heterocycles. The molecule has 0 fully saturated rings. The van der Waals surface area contributed by atoms with Crippen LogP contribution in [0, 0.1) is 6.92 Å². The van der Waals surface area contributed by atoms with Gasteiger partial charge in [-0.15, -0.1) is 0 Å². The Kier molecular flexibility index (Phi) is 2.44. The zero-order valence-corrected chi connectivity index (χ0v) is 10.2. The Bertz CT molecular complexity index is 536. The maximum Gasteiger partial charge on any atom is 0.168 e. The first kappa shape index (κ1) is 10.5. The number of benzene rings is 1. The number of aldehydes is 1. The molecule has 0 spiro atoms. The molecule has 2 aliphatic rings. The van der Waals surface area contributed by atoms with Crippen molar-refractivity contribution in [3.63, 3.8) is 0 Å². The van der Waals surface area contributed by atoms with Gasteiger partial charge in [-0.25, -0.2) is 0 Å². The quantitative estimate of drug-likeness (QED) is 0.809. The van der Waals surface area contributed by atoms with E-state index in [0.29, 0.717) is 5.70 Å².